The van der Waals surface area contributed by atoms with Crippen molar-refractivity contribution in [2.24, 2.45) is 18.7 Å². The number of non-ortho nitro benzene ring substituents is 1. The second kappa shape index (κ2) is 6.15. The third-order valence-corrected chi connectivity index (χ3v) is 3.91. The number of hydrogen-bond acceptors (Lipinski definition) is 4. The van der Waals surface area contributed by atoms with E-state index >= 15 is 0 Å². The van der Waals surface area contributed by atoms with Gasteiger partial charge in [-0.3, -0.25) is 14.9 Å². The first kappa shape index (κ1) is 16.0. The Morgan fingerprint density at radius 3 is 2.73 bits per heavy atom. The molecule has 0 amide bonds. The molecule has 0 saturated heterocycles. The fraction of sp³-hybridized carbons (Fsp3) is 0.400. The van der Waals surface area contributed by atoms with Crippen molar-refractivity contribution in [2.75, 3.05) is 6.54 Å². The summed E-state index contributed by atoms with van der Waals surface area (Å²) in [6, 6.07) is 3.18. The lowest BCUT2D eigenvalue weighted by atomic mass is 9.95. The van der Waals surface area contributed by atoms with Crippen molar-refractivity contribution in [1.29, 1.82) is 0 Å². The van der Waals surface area contributed by atoms with Crippen LogP contribution in [0.2, 0.25) is 0 Å². The summed E-state index contributed by atoms with van der Waals surface area (Å²) in [7, 11) is 1.81. The summed E-state index contributed by atoms with van der Waals surface area (Å²) in [6.45, 7) is 2.15. The van der Waals surface area contributed by atoms with E-state index in [0.29, 0.717) is 17.4 Å². The van der Waals surface area contributed by atoms with Gasteiger partial charge in [0.05, 0.1) is 21.7 Å². The SMILES string of the molecule is Cc1ccc([N+](=O)[O-])c2c(CC(CCN)C(=O)O)cn(C)c12. The van der Waals surface area contributed by atoms with Gasteiger partial charge in [0.25, 0.3) is 5.69 Å². The van der Waals surface area contributed by atoms with Crippen LogP contribution in [0.15, 0.2) is 18.3 Å². The minimum absolute atomic E-state index is 0.00749. The number of benzene rings is 1. The van der Waals surface area contributed by atoms with E-state index in [-0.39, 0.29) is 18.7 Å². The Labute approximate surface area is 127 Å². The van der Waals surface area contributed by atoms with Crippen LogP contribution in [0.1, 0.15) is 17.5 Å². The molecule has 0 aliphatic rings. The molecule has 1 aromatic heterocycles. The summed E-state index contributed by atoms with van der Waals surface area (Å²) in [6.07, 6.45) is 2.34. The number of nitrogens with two attached hydrogens (primary N) is 1. The first-order valence-electron chi connectivity index (χ1n) is 7.01. The normalized spacial score (nSPS) is 12.5. The van der Waals surface area contributed by atoms with E-state index < -0.39 is 16.8 Å². The summed E-state index contributed by atoms with van der Waals surface area (Å²) in [5, 5.41) is 21.1. The number of aryl methyl sites for hydroxylation is 2. The van der Waals surface area contributed by atoms with E-state index in [2.05, 4.69) is 0 Å². The Bertz CT molecular complexity index is 736. The Kier molecular flexibility index (Phi) is 4.46. The number of carboxylic acids is 1. The van der Waals surface area contributed by atoms with Gasteiger partial charge in [-0.15, -0.1) is 0 Å². The highest BCUT2D eigenvalue weighted by molar-refractivity contribution is 5.95. The number of aliphatic carboxylic acids is 1. The van der Waals surface area contributed by atoms with Gasteiger partial charge in [0.1, 0.15) is 0 Å². The molecule has 0 saturated carbocycles. The van der Waals surface area contributed by atoms with Crippen LogP contribution < -0.4 is 5.73 Å². The zero-order chi connectivity index (χ0) is 16.4. The van der Waals surface area contributed by atoms with Crippen LogP contribution in [0, 0.1) is 23.0 Å². The first-order chi connectivity index (χ1) is 10.4. The lowest BCUT2D eigenvalue weighted by molar-refractivity contribution is -0.383. The summed E-state index contributed by atoms with van der Waals surface area (Å²) >= 11 is 0. The Morgan fingerprint density at radius 2 is 2.18 bits per heavy atom. The Morgan fingerprint density at radius 1 is 1.50 bits per heavy atom. The number of rotatable bonds is 6. The highest BCUT2D eigenvalue weighted by atomic mass is 16.6. The molecule has 0 bridgehead atoms. The number of nitrogens with zero attached hydrogens (tertiary/aromatic N) is 2. The quantitative estimate of drug-likeness (QED) is 0.626. The van der Waals surface area contributed by atoms with Gasteiger partial charge >= 0.3 is 5.97 Å². The number of fused-ring (bicyclic) bond motifs is 1. The van der Waals surface area contributed by atoms with Crippen molar-refractivity contribution < 1.29 is 14.8 Å². The minimum atomic E-state index is -0.933. The first-order valence-corrected chi connectivity index (χ1v) is 7.01. The molecule has 2 rings (SSSR count). The van der Waals surface area contributed by atoms with Crippen molar-refractivity contribution in [1.82, 2.24) is 4.57 Å². The number of nitro groups is 1. The maximum atomic E-state index is 11.3. The van der Waals surface area contributed by atoms with Gasteiger partial charge < -0.3 is 15.4 Å². The molecular weight excluding hydrogens is 286 g/mol. The van der Waals surface area contributed by atoms with E-state index in [4.69, 9.17) is 5.73 Å². The molecule has 7 heteroatoms. The van der Waals surface area contributed by atoms with Crippen molar-refractivity contribution in [2.45, 2.75) is 19.8 Å². The third-order valence-electron chi connectivity index (χ3n) is 3.91. The smallest absolute Gasteiger partial charge is 0.306 e. The summed E-state index contributed by atoms with van der Waals surface area (Å²) < 4.78 is 1.81. The summed E-state index contributed by atoms with van der Waals surface area (Å²) in [5.41, 5.74) is 7.83. The molecule has 3 N–H and O–H groups in total. The van der Waals surface area contributed by atoms with Gasteiger partial charge in [0.2, 0.25) is 0 Å². The number of hydrogen-bond donors (Lipinski definition) is 2. The predicted octanol–water partition coefficient (Wildman–Crippen LogP) is 1.99. The number of carboxylic acid groups (broad SMARTS) is 1. The van der Waals surface area contributed by atoms with Crippen LogP contribution in [0.25, 0.3) is 10.9 Å². The fourth-order valence-corrected chi connectivity index (χ4v) is 2.91. The van der Waals surface area contributed by atoms with E-state index in [9.17, 15) is 20.0 Å². The second-order valence-corrected chi connectivity index (χ2v) is 5.46. The Balaban J connectivity index is 2.61. The van der Waals surface area contributed by atoms with Crippen molar-refractivity contribution in [3.63, 3.8) is 0 Å². The molecule has 2 aromatic rings. The molecule has 1 aromatic carbocycles. The van der Waals surface area contributed by atoms with Gasteiger partial charge in [-0.1, -0.05) is 6.07 Å². The molecule has 1 unspecified atom stereocenters. The van der Waals surface area contributed by atoms with E-state index in [1.807, 2.05) is 11.5 Å². The molecule has 0 spiro atoms. The van der Waals surface area contributed by atoms with Crippen LogP contribution >= 0.6 is 0 Å². The fourth-order valence-electron chi connectivity index (χ4n) is 2.91. The molecule has 0 radical (unpaired) electrons. The van der Waals surface area contributed by atoms with Crippen LogP contribution in [-0.2, 0) is 18.3 Å². The maximum absolute atomic E-state index is 11.3. The molecule has 0 aliphatic carbocycles. The molecule has 118 valence electrons. The van der Waals surface area contributed by atoms with Crippen LogP contribution in [0.4, 0.5) is 5.69 Å². The maximum Gasteiger partial charge on any atom is 0.306 e. The highest BCUT2D eigenvalue weighted by Gasteiger charge is 2.24. The third kappa shape index (κ3) is 2.80. The van der Waals surface area contributed by atoms with E-state index in [1.54, 1.807) is 19.3 Å². The highest BCUT2D eigenvalue weighted by Crippen LogP contribution is 2.34. The molecule has 1 atom stereocenters. The van der Waals surface area contributed by atoms with Gasteiger partial charge in [-0.05, 0) is 37.4 Å². The van der Waals surface area contributed by atoms with Gasteiger partial charge in [0.15, 0.2) is 0 Å². The summed E-state index contributed by atoms with van der Waals surface area (Å²) in [5.74, 6) is -1.58. The monoisotopic (exact) mass is 305 g/mol. The van der Waals surface area contributed by atoms with E-state index in [1.165, 1.54) is 6.07 Å². The molecule has 7 nitrogen and oxygen atoms in total. The van der Waals surface area contributed by atoms with Gasteiger partial charge in [-0.2, -0.15) is 0 Å². The van der Waals surface area contributed by atoms with Crippen molar-refractivity contribution in [3.8, 4) is 0 Å². The lowest BCUT2D eigenvalue weighted by Crippen LogP contribution is -2.20. The van der Waals surface area contributed by atoms with Gasteiger partial charge in [-0.25, -0.2) is 0 Å². The average Bonchev–Trinajstić information content (AvgIpc) is 2.76. The number of carbonyl (C=O) groups is 1. The standard InChI is InChI=1S/C15H19N3O4/c1-9-3-4-12(18(21)22)13-11(8-17(2)14(9)13)7-10(5-6-16)15(19)20/h3-4,8,10H,5-7,16H2,1-2H3,(H,19,20). The molecule has 1 heterocycles. The van der Waals surface area contributed by atoms with Gasteiger partial charge in [0, 0.05) is 19.3 Å². The number of aromatic nitrogens is 1. The second-order valence-electron chi connectivity index (χ2n) is 5.46. The summed E-state index contributed by atoms with van der Waals surface area (Å²) in [4.78, 5) is 22.2. The molecule has 0 fully saturated rings. The van der Waals surface area contributed by atoms with Crippen LogP contribution in [0.5, 0.6) is 0 Å². The molecular formula is C15H19N3O4. The zero-order valence-corrected chi connectivity index (χ0v) is 12.6. The van der Waals surface area contributed by atoms with Crippen molar-refractivity contribution >= 4 is 22.6 Å². The largest absolute Gasteiger partial charge is 0.481 e. The Hall–Kier alpha value is -2.41. The van der Waals surface area contributed by atoms with E-state index in [0.717, 1.165) is 11.1 Å². The van der Waals surface area contributed by atoms with Crippen LogP contribution in [0.3, 0.4) is 0 Å². The number of nitro benzene ring substituents is 1. The average molecular weight is 305 g/mol. The zero-order valence-electron chi connectivity index (χ0n) is 12.6. The molecule has 0 aliphatic heterocycles. The lowest BCUT2D eigenvalue weighted by Gasteiger charge is -2.10. The molecule has 22 heavy (non-hydrogen) atoms. The van der Waals surface area contributed by atoms with Crippen molar-refractivity contribution in [3.05, 3.63) is 39.6 Å². The minimum Gasteiger partial charge on any atom is -0.481 e. The van der Waals surface area contributed by atoms with Crippen LogP contribution in [-0.4, -0.2) is 27.1 Å². The topological polar surface area (TPSA) is 111 Å². The predicted molar refractivity (Wildman–Crippen MR) is 82.8 cm³/mol.